The van der Waals surface area contributed by atoms with E-state index in [1.165, 1.54) is 11.1 Å². The van der Waals surface area contributed by atoms with E-state index in [1.807, 2.05) is 6.08 Å². The summed E-state index contributed by atoms with van der Waals surface area (Å²) in [4.78, 5) is 0. The van der Waals surface area contributed by atoms with Gasteiger partial charge in [-0.1, -0.05) is 73.6 Å². The molecule has 0 aromatic heterocycles. The molecule has 0 aliphatic carbocycles. The molecule has 3 radical (unpaired) electrons. The van der Waals surface area contributed by atoms with Gasteiger partial charge in [0.05, 0.1) is 0 Å². The second-order valence-corrected chi connectivity index (χ2v) is 10.4. The molecule has 127 valence electrons. The predicted molar refractivity (Wildman–Crippen MR) is 103 cm³/mol. The molecule has 1 rings (SSSR count). The van der Waals surface area contributed by atoms with Gasteiger partial charge in [-0.25, -0.2) is 0 Å². The molecule has 0 heterocycles. The summed E-state index contributed by atoms with van der Waals surface area (Å²) in [7, 11) is 3.87. The average Bonchev–Trinajstić information content (AvgIpc) is 2.33. The lowest BCUT2D eigenvalue weighted by Gasteiger charge is -2.41. The third-order valence-electron chi connectivity index (χ3n) is 3.92. The molecule has 0 saturated heterocycles. The van der Waals surface area contributed by atoms with Crippen molar-refractivity contribution in [3.05, 3.63) is 42.0 Å². The summed E-state index contributed by atoms with van der Waals surface area (Å²) in [6.07, 6.45) is 2.88. The second-order valence-electron chi connectivity index (χ2n) is 9.16. The standard InChI is InChI=1S/C21H33OSi/c1-10-11-15-12-13-17(16(14-15)19(2,3)4)22-18(20(5,6)7)21(8,9)23/h10,12-14,18H,1,11H2,2-9H3. The summed E-state index contributed by atoms with van der Waals surface area (Å²) in [6, 6.07) is 6.53. The average molecular weight is 330 g/mol. The quantitative estimate of drug-likeness (QED) is 0.484. The number of hydrogen-bond donors (Lipinski definition) is 0. The van der Waals surface area contributed by atoms with Crippen LogP contribution in [0.4, 0.5) is 0 Å². The van der Waals surface area contributed by atoms with E-state index in [-0.39, 0.29) is 22.0 Å². The molecule has 2 heteroatoms. The minimum absolute atomic E-state index is 0.0280. The van der Waals surface area contributed by atoms with Crippen LogP contribution in [-0.4, -0.2) is 16.3 Å². The minimum Gasteiger partial charge on any atom is -0.489 e. The lowest BCUT2D eigenvalue weighted by atomic mass is 9.81. The summed E-state index contributed by atoms with van der Waals surface area (Å²) >= 11 is 0. The molecule has 23 heavy (non-hydrogen) atoms. The topological polar surface area (TPSA) is 9.23 Å². The Morgan fingerprint density at radius 2 is 1.65 bits per heavy atom. The van der Waals surface area contributed by atoms with Gasteiger partial charge in [-0.15, -0.1) is 6.58 Å². The zero-order chi connectivity index (χ0) is 18.1. The normalized spacial score (nSPS) is 14.5. The van der Waals surface area contributed by atoms with Gasteiger partial charge in [0.15, 0.2) is 0 Å². The molecule has 0 N–H and O–H groups in total. The maximum absolute atomic E-state index is 6.56. The fourth-order valence-electron chi connectivity index (χ4n) is 3.09. The van der Waals surface area contributed by atoms with E-state index in [2.05, 4.69) is 90.4 Å². The fourth-order valence-corrected chi connectivity index (χ4v) is 3.59. The van der Waals surface area contributed by atoms with Crippen LogP contribution in [-0.2, 0) is 11.8 Å². The van der Waals surface area contributed by atoms with Gasteiger partial charge in [-0.05, 0) is 39.5 Å². The zero-order valence-corrected chi connectivity index (χ0v) is 17.2. The Labute approximate surface area is 147 Å². The Kier molecular flexibility index (Phi) is 5.96. The van der Waals surface area contributed by atoms with Crippen LogP contribution in [0.5, 0.6) is 5.75 Å². The van der Waals surface area contributed by atoms with Crippen molar-refractivity contribution in [2.24, 2.45) is 5.41 Å². The highest BCUT2D eigenvalue weighted by Crippen LogP contribution is 2.42. The first-order chi connectivity index (χ1) is 10.3. The molecule has 1 atom stereocenters. The van der Waals surface area contributed by atoms with E-state index < -0.39 is 0 Å². The molecular formula is C21H33OSi. The monoisotopic (exact) mass is 329 g/mol. The second kappa shape index (κ2) is 6.84. The van der Waals surface area contributed by atoms with E-state index >= 15 is 0 Å². The van der Waals surface area contributed by atoms with Crippen molar-refractivity contribution in [1.29, 1.82) is 0 Å². The maximum atomic E-state index is 6.56. The Hall–Kier alpha value is -1.02. The lowest BCUT2D eigenvalue weighted by molar-refractivity contribution is 0.0533. The number of ether oxygens (including phenoxy) is 1. The van der Waals surface area contributed by atoms with E-state index in [4.69, 9.17) is 4.74 Å². The summed E-state index contributed by atoms with van der Waals surface area (Å²) < 4.78 is 6.56. The molecule has 0 fully saturated rings. The highest BCUT2D eigenvalue weighted by Gasteiger charge is 2.37. The SMILES string of the molecule is C=CCc1ccc(OC(C(C)(C)C)C(C)(C)[Si])c(C(C)(C)C)c1. The van der Waals surface area contributed by atoms with Gasteiger partial charge in [0, 0.05) is 10.2 Å². The zero-order valence-electron chi connectivity index (χ0n) is 16.2. The van der Waals surface area contributed by atoms with Gasteiger partial charge in [0.2, 0.25) is 0 Å². The van der Waals surface area contributed by atoms with Gasteiger partial charge < -0.3 is 4.74 Å². The molecule has 1 nitrogen and oxygen atoms in total. The van der Waals surface area contributed by atoms with E-state index in [0.29, 0.717) is 0 Å². The van der Waals surface area contributed by atoms with Crippen LogP contribution in [0.25, 0.3) is 0 Å². The molecule has 0 bridgehead atoms. The molecule has 1 aromatic rings. The van der Waals surface area contributed by atoms with Crippen molar-refractivity contribution in [1.82, 2.24) is 0 Å². The van der Waals surface area contributed by atoms with Crippen molar-refractivity contribution in [2.75, 3.05) is 0 Å². The van der Waals surface area contributed by atoms with Crippen LogP contribution in [0.1, 0.15) is 66.5 Å². The number of benzene rings is 1. The van der Waals surface area contributed by atoms with Crippen LogP contribution in [0.2, 0.25) is 5.04 Å². The Bertz CT molecular complexity index is 524. The number of hydrogen-bond acceptors (Lipinski definition) is 1. The summed E-state index contributed by atoms with van der Waals surface area (Å²) in [6.45, 7) is 21.6. The number of allylic oxidation sites excluding steroid dienone is 1. The fraction of sp³-hybridized carbons (Fsp3) is 0.619. The summed E-state index contributed by atoms with van der Waals surface area (Å²) in [5, 5.41) is -0.118. The van der Waals surface area contributed by atoms with Gasteiger partial charge in [-0.2, -0.15) is 0 Å². The Morgan fingerprint density at radius 1 is 1.09 bits per heavy atom. The predicted octanol–water partition coefficient (Wildman–Crippen LogP) is 5.87. The highest BCUT2D eigenvalue weighted by atomic mass is 28.1. The first kappa shape index (κ1) is 20.0. The van der Waals surface area contributed by atoms with Crippen molar-refractivity contribution in [3.63, 3.8) is 0 Å². The van der Waals surface area contributed by atoms with Crippen LogP contribution in [0, 0.1) is 5.41 Å². The molecular weight excluding hydrogens is 296 g/mol. The van der Waals surface area contributed by atoms with Crippen LogP contribution < -0.4 is 4.74 Å². The maximum Gasteiger partial charge on any atom is 0.123 e. The van der Waals surface area contributed by atoms with Gasteiger partial charge in [0.1, 0.15) is 11.9 Å². The van der Waals surface area contributed by atoms with Crippen molar-refractivity contribution >= 4 is 10.2 Å². The van der Waals surface area contributed by atoms with Gasteiger partial charge in [-0.3, -0.25) is 0 Å². The third kappa shape index (κ3) is 5.52. The van der Waals surface area contributed by atoms with Crippen LogP contribution in [0.15, 0.2) is 30.9 Å². The number of rotatable bonds is 5. The Morgan fingerprint density at radius 3 is 2.04 bits per heavy atom. The molecule has 0 aliphatic rings. The van der Waals surface area contributed by atoms with E-state index in [9.17, 15) is 0 Å². The van der Waals surface area contributed by atoms with Crippen molar-refractivity contribution < 1.29 is 4.74 Å². The smallest absolute Gasteiger partial charge is 0.123 e. The van der Waals surface area contributed by atoms with Crippen LogP contribution in [0.3, 0.4) is 0 Å². The molecule has 0 aliphatic heterocycles. The molecule has 1 unspecified atom stereocenters. The Balaban J connectivity index is 3.33. The largest absolute Gasteiger partial charge is 0.489 e. The van der Waals surface area contributed by atoms with E-state index in [0.717, 1.165) is 12.2 Å². The first-order valence-corrected chi connectivity index (χ1v) is 8.93. The molecule has 1 aromatic carbocycles. The third-order valence-corrected chi connectivity index (χ3v) is 4.18. The molecule has 0 amide bonds. The van der Waals surface area contributed by atoms with Crippen molar-refractivity contribution in [2.45, 2.75) is 78.4 Å². The van der Waals surface area contributed by atoms with Gasteiger partial charge in [0.25, 0.3) is 0 Å². The lowest BCUT2D eigenvalue weighted by Crippen LogP contribution is -2.41. The first-order valence-electron chi connectivity index (χ1n) is 8.43. The molecule has 0 saturated carbocycles. The van der Waals surface area contributed by atoms with E-state index in [1.54, 1.807) is 0 Å². The highest BCUT2D eigenvalue weighted by molar-refractivity contribution is 6.15. The molecule has 0 spiro atoms. The van der Waals surface area contributed by atoms with Crippen molar-refractivity contribution in [3.8, 4) is 5.75 Å². The minimum atomic E-state index is -0.118. The summed E-state index contributed by atoms with van der Waals surface area (Å²) in [5.41, 5.74) is 2.59. The van der Waals surface area contributed by atoms with Gasteiger partial charge >= 0.3 is 0 Å². The van der Waals surface area contributed by atoms with Crippen LogP contribution >= 0.6 is 0 Å². The summed E-state index contributed by atoms with van der Waals surface area (Å²) in [5.74, 6) is 0.983.